The molecule has 1 atom stereocenters. The molecule has 1 aliphatic rings. The number of fused-ring (bicyclic) bond motifs is 1. The summed E-state index contributed by atoms with van der Waals surface area (Å²) in [5.74, 6) is 0. The number of nitrogens with zero attached hydrogens (tertiary/aromatic N) is 2. The standard InChI is InChI=1S/C28H32N2/c1-26(2,3)28(21-15-9-7-10-16-21)25(29-22-17-11-8-12-18-22)23-19-13-14-20-24(23)30(28)27(4,5)6/h7-20H,1-6H3/b29-25-. The van der Waals surface area contributed by atoms with Crippen LogP contribution in [0, 0.1) is 5.41 Å². The molecule has 3 aromatic carbocycles. The Morgan fingerprint density at radius 1 is 0.667 bits per heavy atom. The van der Waals surface area contributed by atoms with E-state index in [0.29, 0.717) is 0 Å². The fourth-order valence-corrected chi connectivity index (χ4v) is 5.06. The van der Waals surface area contributed by atoms with Crippen LogP contribution in [0.4, 0.5) is 11.4 Å². The third-order valence-corrected chi connectivity index (χ3v) is 6.02. The van der Waals surface area contributed by atoms with Crippen LogP contribution in [0.2, 0.25) is 0 Å². The number of hydrogen-bond donors (Lipinski definition) is 0. The number of benzene rings is 3. The van der Waals surface area contributed by atoms with Gasteiger partial charge in [0.15, 0.2) is 0 Å². The molecular formula is C28H32N2. The number of hydrogen-bond acceptors (Lipinski definition) is 2. The van der Waals surface area contributed by atoms with Crippen molar-refractivity contribution in [3.8, 4) is 0 Å². The van der Waals surface area contributed by atoms with E-state index in [-0.39, 0.29) is 11.0 Å². The van der Waals surface area contributed by atoms with E-state index >= 15 is 0 Å². The highest BCUT2D eigenvalue weighted by Crippen LogP contribution is 2.57. The van der Waals surface area contributed by atoms with Gasteiger partial charge in [-0.3, -0.25) is 0 Å². The molecule has 1 heterocycles. The maximum absolute atomic E-state index is 5.33. The Hall–Kier alpha value is -2.87. The summed E-state index contributed by atoms with van der Waals surface area (Å²) in [7, 11) is 0. The quantitative estimate of drug-likeness (QED) is 0.441. The van der Waals surface area contributed by atoms with E-state index in [4.69, 9.17) is 4.99 Å². The van der Waals surface area contributed by atoms with Crippen LogP contribution >= 0.6 is 0 Å². The van der Waals surface area contributed by atoms with Crippen molar-refractivity contribution < 1.29 is 0 Å². The monoisotopic (exact) mass is 396 g/mol. The van der Waals surface area contributed by atoms with Gasteiger partial charge in [0.1, 0.15) is 5.54 Å². The van der Waals surface area contributed by atoms with Crippen LogP contribution in [-0.4, -0.2) is 11.3 Å². The number of rotatable bonds is 2. The highest BCUT2D eigenvalue weighted by atomic mass is 15.3. The topological polar surface area (TPSA) is 15.6 Å². The maximum Gasteiger partial charge on any atom is 0.114 e. The van der Waals surface area contributed by atoms with E-state index in [1.54, 1.807) is 0 Å². The van der Waals surface area contributed by atoms with Crippen molar-refractivity contribution in [3.63, 3.8) is 0 Å². The van der Waals surface area contributed by atoms with E-state index in [1.807, 2.05) is 6.07 Å². The Kier molecular flexibility index (Phi) is 4.85. The van der Waals surface area contributed by atoms with Crippen LogP contribution in [0.25, 0.3) is 0 Å². The highest BCUT2D eigenvalue weighted by Gasteiger charge is 2.59. The third-order valence-electron chi connectivity index (χ3n) is 6.02. The van der Waals surface area contributed by atoms with Crippen molar-refractivity contribution in [3.05, 3.63) is 96.1 Å². The fraction of sp³-hybridized carbons (Fsp3) is 0.321. The van der Waals surface area contributed by atoms with Gasteiger partial charge >= 0.3 is 0 Å². The van der Waals surface area contributed by atoms with Gasteiger partial charge in [0, 0.05) is 16.8 Å². The Morgan fingerprint density at radius 2 is 1.20 bits per heavy atom. The predicted molar refractivity (Wildman–Crippen MR) is 129 cm³/mol. The maximum atomic E-state index is 5.33. The first-order chi connectivity index (χ1) is 14.2. The molecule has 0 spiro atoms. The van der Waals surface area contributed by atoms with E-state index in [0.717, 1.165) is 11.4 Å². The van der Waals surface area contributed by atoms with Gasteiger partial charge in [0.25, 0.3) is 0 Å². The SMILES string of the molecule is CC(C)(C)N1c2ccccc2/C(=N/c2ccccc2)C1(c1ccccc1)C(C)(C)C. The molecule has 0 amide bonds. The van der Waals surface area contributed by atoms with E-state index in [2.05, 4.69) is 125 Å². The predicted octanol–water partition coefficient (Wildman–Crippen LogP) is 7.37. The molecule has 2 nitrogen and oxygen atoms in total. The van der Waals surface area contributed by atoms with Gasteiger partial charge in [-0.15, -0.1) is 0 Å². The summed E-state index contributed by atoms with van der Waals surface area (Å²) in [6.45, 7) is 13.9. The van der Waals surface area contributed by atoms with Crippen molar-refractivity contribution in [1.82, 2.24) is 0 Å². The van der Waals surface area contributed by atoms with Crippen LogP contribution in [0.15, 0.2) is 89.9 Å². The molecule has 3 aromatic rings. The Bertz CT molecular complexity index is 1050. The second kappa shape index (κ2) is 7.12. The number of anilines is 1. The minimum Gasteiger partial charge on any atom is -0.350 e. The van der Waals surface area contributed by atoms with Crippen LogP contribution in [0.1, 0.15) is 52.7 Å². The summed E-state index contributed by atoms with van der Waals surface area (Å²) in [5, 5.41) is 0. The molecule has 0 bridgehead atoms. The lowest BCUT2D eigenvalue weighted by Crippen LogP contribution is -2.62. The normalized spacial score (nSPS) is 20.5. The molecule has 0 radical (unpaired) electrons. The summed E-state index contributed by atoms with van der Waals surface area (Å²) in [6, 6.07) is 30.0. The van der Waals surface area contributed by atoms with Crippen molar-refractivity contribution >= 4 is 17.1 Å². The molecule has 1 unspecified atom stereocenters. The van der Waals surface area contributed by atoms with Gasteiger partial charge in [-0.1, -0.05) is 87.5 Å². The average molecular weight is 397 g/mol. The highest BCUT2D eigenvalue weighted by molar-refractivity contribution is 6.19. The molecule has 2 heteroatoms. The van der Waals surface area contributed by atoms with Crippen LogP contribution < -0.4 is 4.90 Å². The molecule has 0 saturated carbocycles. The van der Waals surface area contributed by atoms with E-state index < -0.39 is 5.54 Å². The van der Waals surface area contributed by atoms with E-state index in [1.165, 1.54) is 16.8 Å². The van der Waals surface area contributed by atoms with Crippen LogP contribution in [0.5, 0.6) is 0 Å². The molecule has 0 aromatic heterocycles. The molecule has 30 heavy (non-hydrogen) atoms. The van der Waals surface area contributed by atoms with Crippen LogP contribution in [-0.2, 0) is 5.54 Å². The van der Waals surface area contributed by atoms with Gasteiger partial charge in [-0.2, -0.15) is 0 Å². The zero-order valence-electron chi connectivity index (χ0n) is 19.0. The number of para-hydroxylation sites is 2. The van der Waals surface area contributed by atoms with Crippen LogP contribution in [0.3, 0.4) is 0 Å². The summed E-state index contributed by atoms with van der Waals surface area (Å²) in [6.07, 6.45) is 0. The first-order valence-electron chi connectivity index (χ1n) is 10.8. The Labute approximate surface area is 181 Å². The van der Waals surface area contributed by atoms with Crippen molar-refractivity contribution in [2.45, 2.75) is 52.6 Å². The summed E-state index contributed by atoms with van der Waals surface area (Å²) < 4.78 is 0. The average Bonchev–Trinajstić information content (AvgIpc) is 3.01. The van der Waals surface area contributed by atoms with Gasteiger partial charge in [0.05, 0.1) is 11.4 Å². The molecule has 0 aliphatic carbocycles. The molecule has 0 saturated heterocycles. The van der Waals surface area contributed by atoms with Gasteiger partial charge < -0.3 is 4.90 Å². The molecule has 0 fully saturated rings. The van der Waals surface area contributed by atoms with Crippen molar-refractivity contribution in [2.75, 3.05) is 4.90 Å². The summed E-state index contributed by atoms with van der Waals surface area (Å²) >= 11 is 0. The molecular weight excluding hydrogens is 364 g/mol. The molecule has 4 rings (SSSR count). The largest absolute Gasteiger partial charge is 0.350 e. The van der Waals surface area contributed by atoms with Gasteiger partial charge in [-0.05, 0) is 49.9 Å². The van der Waals surface area contributed by atoms with Crippen molar-refractivity contribution in [2.24, 2.45) is 10.4 Å². The summed E-state index contributed by atoms with van der Waals surface area (Å²) in [5.41, 5.74) is 5.22. The minimum absolute atomic E-state index is 0.104. The zero-order valence-corrected chi connectivity index (χ0v) is 19.0. The number of aliphatic imine (C=N–C) groups is 1. The Balaban J connectivity index is 2.16. The van der Waals surface area contributed by atoms with Gasteiger partial charge in [0.2, 0.25) is 0 Å². The van der Waals surface area contributed by atoms with E-state index in [9.17, 15) is 0 Å². The zero-order chi connectivity index (χ0) is 21.6. The third kappa shape index (κ3) is 3.06. The Morgan fingerprint density at radius 3 is 1.77 bits per heavy atom. The minimum atomic E-state index is -0.411. The molecule has 1 aliphatic heterocycles. The lowest BCUT2D eigenvalue weighted by atomic mass is 9.65. The fourth-order valence-electron chi connectivity index (χ4n) is 5.06. The lowest BCUT2D eigenvalue weighted by molar-refractivity contribution is 0.220. The first-order valence-corrected chi connectivity index (χ1v) is 10.8. The smallest absolute Gasteiger partial charge is 0.114 e. The molecule has 154 valence electrons. The van der Waals surface area contributed by atoms with Crippen molar-refractivity contribution in [1.29, 1.82) is 0 Å². The summed E-state index contributed by atoms with van der Waals surface area (Å²) in [4.78, 5) is 7.94. The van der Waals surface area contributed by atoms with Gasteiger partial charge in [-0.25, -0.2) is 4.99 Å². The first kappa shape index (κ1) is 20.4. The second-order valence-electron chi connectivity index (χ2n) is 10.1. The molecule has 0 N–H and O–H groups in total. The second-order valence-corrected chi connectivity index (χ2v) is 10.1. The lowest BCUT2D eigenvalue weighted by Gasteiger charge is -2.55.